The van der Waals surface area contributed by atoms with Crippen molar-refractivity contribution in [2.75, 3.05) is 37.8 Å². The lowest BCUT2D eigenvalue weighted by atomic mass is 10.0. The fraction of sp³-hybridized carbons (Fsp3) is 0.571. The molecule has 1 aliphatic carbocycles. The third-order valence-electron chi connectivity index (χ3n) is 7.71. The first kappa shape index (κ1) is 30.8. The minimum absolute atomic E-state index is 0.0764. The maximum Gasteiger partial charge on any atom is 0.421 e. The van der Waals surface area contributed by atoms with Gasteiger partial charge in [-0.2, -0.15) is 18.2 Å². The second-order valence-electron chi connectivity index (χ2n) is 11.2. The highest BCUT2D eigenvalue weighted by atomic mass is 35.5. The summed E-state index contributed by atoms with van der Waals surface area (Å²) in [6.07, 6.45) is -0.404. The molecule has 0 radical (unpaired) electrons. The molecular weight excluding hydrogens is 559 g/mol. The number of likely N-dealkylation sites (tertiary alicyclic amines) is 1. The molecule has 0 spiro atoms. The van der Waals surface area contributed by atoms with Crippen molar-refractivity contribution in [3.63, 3.8) is 0 Å². The van der Waals surface area contributed by atoms with Crippen molar-refractivity contribution in [2.45, 2.75) is 70.3 Å². The van der Waals surface area contributed by atoms with E-state index in [0.29, 0.717) is 36.7 Å². The summed E-state index contributed by atoms with van der Waals surface area (Å²) in [5.74, 6) is -1.34. The molecule has 1 saturated heterocycles. The zero-order valence-corrected chi connectivity index (χ0v) is 24.4. The van der Waals surface area contributed by atoms with Crippen LogP contribution in [0.25, 0.3) is 0 Å². The van der Waals surface area contributed by atoms with Crippen LogP contribution in [0.2, 0.25) is 5.02 Å². The van der Waals surface area contributed by atoms with Crippen molar-refractivity contribution in [3.8, 4) is 0 Å². The van der Waals surface area contributed by atoms with Gasteiger partial charge in [0.25, 0.3) is 5.91 Å². The van der Waals surface area contributed by atoms with Gasteiger partial charge in [0.05, 0.1) is 16.5 Å². The molecule has 4 rings (SSSR count). The molecule has 0 bridgehead atoms. The van der Waals surface area contributed by atoms with Crippen LogP contribution < -0.4 is 16.0 Å². The summed E-state index contributed by atoms with van der Waals surface area (Å²) >= 11 is 6.47. The largest absolute Gasteiger partial charge is 0.421 e. The molecule has 2 atom stereocenters. The Labute approximate surface area is 243 Å². The first-order valence-electron chi connectivity index (χ1n) is 13.9. The molecule has 224 valence electrons. The molecule has 2 fully saturated rings. The van der Waals surface area contributed by atoms with E-state index in [2.05, 4.69) is 37.9 Å². The van der Waals surface area contributed by atoms with Crippen LogP contribution >= 0.6 is 11.6 Å². The summed E-state index contributed by atoms with van der Waals surface area (Å²) in [6, 6.07) is 4.26. The van der Waals surface area contributed by atoms with E-state index in [9.17, 15) is 22.8 Å². The number of hydrogen-bond donors (Lipinski definition) is 3. The number of rotatable bonds is 8. The summed E-state index contributed by atoms with van der Waals surface area (Å²) in [4.78, 5) is 37.7. The Kier molecular flexibility index (Phi) is 9.63. The van der Waals surface area contributed by atoms with Crippen LogP contribution in [-0.4, -0.2) is 76.9 Å². The van der Waals surface area contributed by atoms with Gasteiger partial charge in [-0.25, -0.2) is 4.98 Å². The van der Waals surface area contributed by atoms with E-state index < -0.39 is 29.5 Å². The van der Waals surface area contributed by atoms with E-state index in [4.69, 9.17) is 11.6 Å². The molecule has 0 unspecified atom stereocenters. The summed E-state index contributed by atoms with van der Waals surface area (Å²) < 4.78 is 41.5. The SMILES string of the molecule is CC(C)NC(=O)[C@H]1CCC[C@H]1Nc1nc(Nc2ccc(C(=O)N(C)C3CCN(C)CC3)c(Cl)c2)ncc1C(F)(F)F. The lowest BCUT2D eigenvalue weighted by Gasteiger charge is -2.35. The Hall–Kier alpha value is -3.12. The number of anilines is 3. The lowest BCUT2D eigenvalue weighted by molar-refractivity contribution is -0.137. The van der Waals surface area contributed by atoms with Crippen molar-refractivity contribution in [1.82, 2.24) is 25.1 Å². The fourth-order valence-electron chi connectivity index (χ4n) is 5.41. The number of amides is 2. The molecule has 1 aromatic heterocycles. The van der Waals surface area contributed by atoms with Crippen LogP contribution in [0.3, 0.4) is 0 Å². The first-order chi connectivity index (χ1) is 19.3. The predicted octanol–water partition coefficient (Wildman–Crippen LogP) is 5.16. The number of nitrogens with one attached hydrogen (secondary N) is 3. The van der Waals surface area contributed by atoms with Gasteiger partial charge in [0.1, 0.15) is 11.4 Å². The average molecular weight is 596 g/mol. The highest BCUT2D eigenvalue weighted by molar-refractivity contribution is 6.34. The van der Waals surface area contributed by atoms with E-state index in [1.807, 2.05) is 13.8 Å². The van der Waals surface area contributed by atoms with Crippen molar-refractivity contribution in [1.29, 1.82) is 0 Å². The molecule has 2 aromatic rings. The van der Waals surface area contributed by atoms with Crippen LogP contribution in [0, 0.1) is 5.92 Å². The molecule has 1 aliphatic heterocycles. The lowest BCUT2D eigenvalue weighted by Crippen LogP contribution is -2.44. The molecule has 2 aliphatic rings. The number of carbonyl (C=O) groups is 2. The number of benzene rings is 1. The van der Waals surface area contributed by atoms with Gasteiger partial charge in [-0.05, 0) is 77.9 Å². The van der Waals surface area contributed by atoms with E-state index in [1.54, 1.807) is 24.1 Å². The van der Waals surface area contributed by atoms with Crippen molar-refractivity contribution >= 4 is 40.9 Å². The Morgan fingerprint density at radius 1 is 1.15 bits per heavy atom. The smallest absolute Gasteiger partial charge is 0.366 e. The van der Waals surface area contributed by atoms with Crippen LogP contribution in [0.1, 0.15) is 61.9 Å². The van der Waals surface area contributed by atoms with Crippen molar-refractivity contribution in [2.24, 2.45) is 5.92 Å². The van der Waals surface area contributed by atoms with Crippen LogP contribution in [-0.2, 0) is 11.0 Å². The molecule has 1 saturated carbocycles. The maximum atomic E-state index is 13.8. The molecule has 9 nitrogen and oxygen atoms in total. The Balaban J connectivity index is 1.51. The van der Waals surface area contributed by atoms with E-state index in [0.717, 1.165) is 25.9 Å². The number of aromatic nitrogens is 2. The average Bonchev–Trinajstić information content (AvgIpc) is 3.36. The quantitative estimate of drug-likeness (QED) is 0.387. The van der Waals surface area contributed by atoms with Gasteiger partial charge in [0, 0.05) is 37.1 Å². The standard InChI is InChI=1S/C28H37ClF3N7O2/c1-16(2)34-25(40)20-6-5-7-23(20)36-24-21(28(30,31)32)15-33-27(37-24)35-17-8-9-19(22(29)14-17)26(41)39(4)18-10-12-38(3)13-11-18/h8-9,14-16,18,20,23H,5-7,10-13H2,1-4H3,(H,34,40)(H2,33,35,36,37)/t20-,23+/m0/s1. The summed E-state index contributed by atoms with van der Waals surface area (Å²) in [5, 5.41) is 8.82. The van der Waals surface area contributed by atoms with Gasteiger partial charge in [-0.1, -0.05) is 18.0 Å². The van der Waals surface area contributed by atoms with Gasteiger partial charge in [0.2, 0.25) is 11.9 Å². The summed E-state index contributed by atoms with van der Waals surface area (Å²) in [5.41, 5.74) is -0.274. The normalized spacial score (nSPS) is 20.2. The van der Waals surface area contributed by atoms with E-state index in [-0.39, 0.29) is 34.9 Å². The molecule has 41 heavy (non-hydrogen) atoms. The van der Waals surface area contributed by atoms with Crippen molar-refractivity contribution in [3.05, 3.63) is 40.5 Å². The molecule has 2 amide bonds. The maximum absolute atomic E-state index is 13.8. The molecule has 2 heterocycles. The highest BCUT2D eigenvalue weighted by Crippen LogP contribution is 2.37. The minimum Gasteiger partial charge on any atom is -0.366 e. The zero-order valence-electron chi connectivity index (χ0n) is 23.7. The topological polar surface area (TPSA) is 102 Å². The Bertz CT molecular complexity index is 1250. The molecule has 3 N–H and O–H groups in total. The van der Waals surface area contributed by atoms with Crippen LogP contribution in [0.4, 0.5) is 30.6 Å². The number of halogens is 4. The van der Waals surface area contributed by atoms with Gasteiger partial charge < -0.3 is 25.8 Å². The minimum atomic E-state index is -4.69. The number of nitrogens with zero attached hydrogens (tertiary/aromatic N) is 4. The van der Waals surface area contributed by atoms with Gasteiger partial charge >= 0.3 is 6.18 Å². The Morgan fingerprint density at radius 3 is 2.49 bits per heavy atom. The van der Waals surface area contributed by atoms with Crippen molar-refractivity contribution < 1.29 is 22.8 Å². The number of alkyl halides is 3. The first-order valence-corrected chi connectivity index (χ1v) is 14.2. The summed E-state index contributed by atoms with van der Waals surface area (Å²) in [6.45, 7) is 5.49. The monoisotopic (exact) mass is 595 g/mol. The number of hydrogen-bond acceptors (Lipinski definition) is 7. The van der Waals surface area contributed by atoms with Crippen LogP contribution in [0.5, 0.6) is 0 Å². The van der Waals surface area contributed by atoms with Gasteiger partial charge in [0.15, 0.2) is 0 Å². The second-order valence-corrected chi connectivity index (χ2v) is 11.6. The highest BCUT2D eigenvalue weighted by Gasteiger charge is 2.39. The predicted molar refractivity (Wildman–Crippen MR) is 152 cm³/mol. The third kappa shape index (κ3) is 7.59. The number of carbonyl (C=O) groups excluding carboxylic acids is 2. The third-order valence-corrected chi connectivity index (χ3v) is 8.02. The molecule has 13 heteroatoms. The van der Waals surface area contributed by atoms with Crippen LogP contribution in [0.15, 0.2) is 24.4 Å². The van der Waals surface area contributed by atoms with Gasteiger partial charge in [-0.3, -0.25) is 9.59 Å². The molecule has 1 aromatic carbocycles. The summed E-state index contributed by atoms with van der Waals surface area (Å²) in [7, 11) is 3.82. The van der Waals surface area contributed by atoms with E-state index >= 15 is 0 Å². The second kappa shape index (κ2) is 12.8. The van der Waals surface area contributed by atoms with E-state index in [1.165, 1.54) is 6.07 Å². The Morgan fingerprint density at radius 2 is 1.85 bits per heavy atom. The molecular formula is C28H37ClF3N7O2. The van der Waals surface area contributed by atoms with Gasteiger partial charge in [-0.15, -0.1) is 0 Å². The zero-order chi connectivity index (χ0) is 29.9. The fourth-order valence-corrected chi connectivity index (χ4v) is 5.67. The number of piperidine rings is 1.